The van der Waals surface area contributed by atoms with Crippen molar-refractivity contribution in [3.63, 3.8) is 0 Å². The minimum absolute atomic E-state index is 0.0467. The molecule has 4 heteroatoms. The van der Waals surface area contributed by atoms with E-state index in [4.69, 9.17) is 5.73 Å². The smallest absolute Gasteiger partial charge is 0.251 e. The van der Waals surface area contributed by atoms with Crippen LogP contribution in [-0.4, -0.2) is 23.9 Å². The number of hydrogen-bond donors (Lipinski definition) is 2. The monoisotopic (exact) mass is 323 g/mol. The maximum atomic E-state index is 12.3. The van der Waals surface area contributed by atoms with Gasteiger partial charge < -0.3 is 11.1 Å². The average molecular weight is 323 g/mol. The van der Waals surface area contributed by atoms with E-state index in [1.807, 2.05) is 30.3 Å². The Morgan fingerprint density at radius 3 is 2.33 bits per heavy atom. The zero-order valence-corrected chi connectivity index (χ0v) is 14.0. The second-order valence-corrected chi connectivity index (χ2v) is 6.34. The molecule has 1 heterocycles. The summed E-state index contributed by atoms with van der Waals surface area (Å²) in [4.78, 5) is 14.8. The van der Waals surface area contributed by atoms with Crippen LogP contribution in [0.3, 0.4) is 0 Å². The predicted molar refractivity (Wildman–Crippen MR) is 96.5 cm³/mol. The third kappa shape index (κ3) is 4.22. The number of hydrogen-bond acceptors (Lipinski definition) is 3. The number of rotatable bonds is 6. The number of nitrogens with two attached hydrogens (primary N) is 1. The lowest BCUT2D eigenvalue weighted by atomic mass is 10.1. The Bertz CT molecular complexity index is 676. The zero-order chi connectivity index (χ0) is 16.8. The van der Waals surface area contributed by atoms with Gasteiger partial charge in [-0.25, -0.2) is 0 Å². The summed E-state index contributed by atoms with van der Waals surface area (Å²) in [5, 5.41) is 3.03. The van der Waals surface area contributed by atoms with Gasteiger partial charge in [0, 0.05) is 25.2 Å². The number of nitrogens with zero attached hydrogens (tertiary/aromatic N) is 1. The number of amides is 1. The fourth-order valence-electron chi connectivity index (χ4n) is 3.14. The first-order chi connectivity index (χ1) is 11.8. The molecule has 0 atom stereocenters. The van der Waals surface area contributed by atoms with Crippen molar-refractivity contribution in [2.24, 2.45) is 5.73 Å². The van der Waals surface area contributed by atoms with Gasteiger partial charge in [-0.2, -0.15) is 0 Å². The number of carbonyl (C=O) groups excluding carboxylic acids is 1. The topological polar surface area (TPSA) is 58.4 Å². The summed E-state index contributed by atoms with van der Waals surface area (Å²) >= 11 is 0. The predicted octanol–water partition coefficient (Wildman–Crippen LogP) is 2.67. The summed E-state index contributed by atoms with van der Waals surface area (Å²) in [6, 6.07) is 15.8. The third-order valence-corrected chi connectivity index (χ3v) is 4.60. The van der Waals surface area contributed by atoms with E-state index < -0.39 is 0 Å². The van der Waals surface area contributed by atoms with Gasteiger partial charge in [-0.3, -0.25) is 9.69 Å². The fraction of sp³-hybridized carbons (Fsp3) is 0.350. The highest BCUT2D eigenvalue weighted by molar-refractivity contribution is 5.94. The molecule has 4 nitrogen and oxygen atoms in total. The van der Waals surface area contributed by atoms with E-state index >= 15 is 0 Å². The van der Waals surface area contributed by atoms with Crippen LogP contribution in [0.15, 0.2) is 48.5 Å². The molecule has 1 fully saturated rings. The van der Waals surface area contributed by atoms with E-state index in [0.717, 1.165) is 12.1 Å². The van der Waals surface area contributed by atoms with Gasteiger partial charge in [0.1, 0.15) is 0 Å². The van der Waals surface area contributed by atoms with Crippen LogP contribution >= 0.6 is 0 Å². The quantitative estimate of drug-likeness (QED) is 0.859. The minimum atomic E-state index is -0.0467. The number of benzene rings is 2. The Balaban J connectivity index is 1.62. The molecular formula is C20H25N3O. The van der Waals surface area contributed by atoms with Crippen LogP contribution < -0.4 is 11.1 Å². The first-order valence-electron chi connectivity index (χ1n) is 8.62. The van der Waals surface area contributed by atoms with Crippen LogP contribution in [0, 0.1) is 0 Å². The summed E-state index contributed by atoms with van der Waals surface area (Å²) in [5.74, 6) is -0.0467. The van der Waals surface area contributed by atoms with Gasteiger partial charge >= 0.3 is 0 Å². The van der Waals surface area contributed by atoms with Crippen molar-refractivity contribution in [3.05, 3.63) is 70.8 Å². The first-order valence-corrected chi connectivity index (χ1v) is 8.62. The van der Waals surface area contributed by atoms with Crippen LogP contribution in [-0.2, 0) is 19.6 Å². The normalized spacial score (nSPS) is 14.7. The molecule has 0 unspecified atom stereocenters. The number of likely N-dealkylation sites (tertiary alicyclic amines) is 1. The molecule has 3 N–H and O–H groups in total. The summed E-state index contributed by atoms with van der Waals surface area (Å²) in [6.45, 7) is 4.37. The molecule has 0 aromatic heterocycles. The van der Waals surface area contributed by atoms with Crippen molar-refractivity contribution < 1.29 is 4.79 Å². The van der Waals surface area contributed by atoms with Crippen LogP contribution in [0.5, 0.6) is 0 Å². The van der Waals surface area contributed by atoms with Crippen molar-refractivity contribution in [2.45, 2.75) is 32.5 Å². The Hall–Kier alpha value is -2.17. The number of carbonyl (C=O) groups is 1. The minimum Gasteiger partial charge on any atom is -0.348 e. The summed E-state index contributed by atoms with van der Waals surface area (Å²) < 4.78 is 0. The largest absolute Gasteiger partial charge is 0.348 e. The van der Waals surface area contributed by atoms with E-state index in [1.54, 1.807) is 0 Å². The Morgan fingerprint density at radius 1 is 1.00 bits per heavy atom. The molecule has 0 saturated carbocycles. The van der Waals surface area contributed by atoms with Crippen LogP contribution in [0.2, 0.25) is 0 Å². The standard InChI is InChI=1S/C20H25N3O/c21-13-16-7-9-17(10-8-16)20(24)22-14-18-5-1-2-6-19(18)15-23-11-3-4-12-23/h1-2,5-10H,3-4,11-15,21H2,(H,22,24). The Labute approximate surface area is 143 Å². The van der Waals surface area contributed by atoms with Crippen LogP contribution in [0.25, 0.3) is 0 Å². The molecule has 24 heavy (non-hydrogen) atoms. The van der Waals surface area contributed by atoms with Crippen LogP contribution in [0.4, 0.5) is 0 Å². The number of nitrogens with one attached hydrogen (secondary N) is 1. The summed E-state index contributed by atoms with van der Waals surface area (Å²) in [5.41, 5.74) is 9.79. The molecule has 3 rings (SSSR count). The van der Waals surface area contributed by atoms with Gasteiger partial charge in [0.2, 0.25) is 0 Å². The Morgan fingerprint density at radius 2 is 1.67 bits per heavy atom. The molecule has 1 saturated heterocycles. The summed E-state index contributed by atoms with van der Waals surface area (Å²) in [6.07, 6.45) is 2.58. The highest BCUT2D eigenvalue weighted by Crippen LogP contribution is 2.16. The molecule has 2 aromatic carbocycles. The van der Waals surface area contributed by atoms with E-state index in [9.17, 15) is 4.79 Å². The molecular weight excluding hydrogens is 298 g/mol. The molecule has 0 bridgehead atoms. The maximum Gasteiger partial charge on any atom is 0.251 e. The van der Waals surface area contributed by atoms with Crippen molar-refractivity contribution in [2.75, 3.05) is 13.1 Å². The highest BCUT2D eigenvalue weighted by Gasteiger charge is 2.14. The molecule has 2 aromatic rings. The summed E-state index contributed by atoms with van der Waals surface area (Å²) in [7, 11) is 0. The van der Waals surface area contributed by atoms with Gasteiger partial charge in [-0.05, 0) is 54.8 Å². The molecule has 1 aliphatic heterocycles. The SMILES string of the molecule is NCc1ccc(C(=O)NCc2ccccc2CN2CCCC2)cc1. The molecule has 0 aliphatic carbocycles. The molecule has 0 spiro atoms. The molecule has 1 amide bonds. The molecule has 126 valence electrons. The van der Waals surface area contributed by atoms with Gasteiger partial charge in [0.25, 0.3) is 5.91 Å². The lowest BCUT2D eigenvalue weighted by Crippen LogP contribution is -2.25. The third-order valence-electron chi connectivity index (χ3n) is 4.60. The highest BCUT2D eigenvalue weighted by atomic mass is 16.1. The van der Waals surface area contributed by atoms with Crippen molar-refractivity contribution >= 4 is 5.91 Å². The van der Waals surface area contributed by atoms with Crippen molar-refractivity contribution in [1.29, 1.82) is 0 Å². The van der Waals surface area contributed by atoms with E-state index in [1.165, 1.54) is 37.1 Å². The zero-order valence-electron chi connectivity index (χ0n) is 14.0. The van der Waals surface area contributed by atoms with Crippen molar-refractivity contribution in [3.8, 4) is 0 Å². The van der Waals surface area contributed by atoms with E-state index in [-0.39, 0.29) is 5.91 Å². The molecule has 0 radical (unpaired) electrons. The lowest BCUT2D eigenvalue weighted by molar-refractivity contribution is 0.0950. The fourth-order valence-corrected chi connectivity index (χ4v) is 3.14. The second-order valence-electron chi connectivity index (χ2n) is 6.34. The Kier molecular flexibility index (Phi) is 5.62. The van der Waals surface area contributed by atoms with Crippen LogP contribution in [0.1, 0.15) is 39.9 Å². The second kappa shape index (κ2) is 8.08. The van der Waals surface area contributed by atoms with E-state index in [2.05, 4.69) is 28.4 Å². The van der Waals surface area contributed by atoms with E-state index in [0.29, 0.717) is 18.7 Å². The first kappa shape index (κ1) is 16.7. The van der Waals surface area contributed by atoms with Gasteiger partial charge in [0.15, 0.2) is 0 Å². The van der Waals surface area contributed by atoms with Crippen molar-refractivity contribution in [1.82, 2.24) is 10.2 Å². The van der Waals surface area contributed by atoms with Gasteiger partial charge in [-0.15, -0.1) is 0 Å². The maximum absolute atomic E-state index is 12.3. The van der Waals surface area contributed by atoms with Gasteiger partial charge in [-0.1, -0.05) is 36.4 Å². The average Bonchev–Trinajstić information content (AvgIpc) is 3.14. The lowest BCUT2D eigenvalue weighted by Gasteiger charge is -2.17. The van der Waals surface area contributed by atoms with Gasteiger partial charge in [0.05, 0.1) is 0 Å². The molecule has 1 aliphatic rings.